The molecule has 0 aromatic rings. The minimum Gasteiger partial charge on any atom is -0.382 e. The fourth-order valence-corrected chi connectivity index (χ4v) is 1.15. The van der Waals surface area contributed by atoms with Crippen LogP contribution in [-0.2, 0) is 4.74 Å². The molecule has 2 nitrogen and oxygen atoms in total. The van der Waals surface area contributed by atoms with Gasteiger partial charge in [0.15, 0.2) is 0 Å². The second kappa shape index (κ2) is 5.55. The first kappa shape index (κ1) is 11.9. The van der Waals surface area contributed by atoms with Gasteiger partial charge in [0.05, 0.1) is 0 Å². The summed E-state index contributed by atoms with van der Waals surface area (Å²) in [5, 5.41) is 0. The van der Waals surface area contributed by atoms with Crippen LogP contribution in [0.4, 0.5) is 0 Å². The third-order valence-electron chi connectivity index (χ3n) is 2.73. The van der Waals surface area contributed by atoms with Crippen molar-refractivity contribution in [3.63, 3.8) is 0 Å². The molecule has 0 fully saturated rings. The van der Waals surface area contributed by atoms with Crippen molar-refractivity contribution in [2.75, 3.05) is 13.2 Å². The monoisotopic (exact) mass is 173 g/mol. The molecule has 0 aliphatic heterocycles. The molecular formula is C10H23NO. The molecule has 2 heteroatoms. The summed E-state index contributed by atoms with van der Waals surface area (Å²) in [7, 11) is 0. The molecule has 0 amide bonds. The Balaban J connectivity index is 3.70. The minimum absolute atomic E-state index is 0.0656. The number of hydrogen-bond donors (Lipinski definition) is 1. The molecule has 0 bridgehead atoms. The van der Waals surface area contributed by atoms with Gasteiger partial charge >= 0.3 is 0 Å². The second-order valence-electron chi connectivity index (χ2n) is 3.76. The Labute approximate surface area is 76.5 Å². The van der Waals surface area contributed by atoms with Crippen LogP contribution in [0.5, 0.6) is 0 Å². The first-order valence-electron chi connectivity index (χ1n) is 4.91. The molecule has 0 aromatic carbocycles. The number of nitrogens with two attached hydrogens (primary N) is 1. The SMILES string of the molecule is CCOCCC(C)(N)C(C)CC. The van der Waals surface area contributed by atoms with E-state index in [9.17, 15) is 0 Å². The third-order valence-corrected chi connectivity index (χ3v) is 2.73. The summed E-state index contributed by atoms with van der Waals surface area (Å²) in [6.07, 6.45) is 2.09. The van der Waals surface area contributed by atoms with Gasteiger partial charge in [0.25, 0.3) is 0 Å². The van der Waals surface area contributed by atoms with Crippen LogP contribution in [0.25, 0.3) is 0 Å². The molecule has 2 atom stereocenters. The van der Waals surface area contributed by atoms with Crippen molar-refractivity contribution in [1.82, 2.24) is 0 Å². The van der Waals surface area contributed by atoms with Crippen LogP contribution in [-0.4, -0.2) is 18.8 Å². The maximum atomic E-state index is 6.13. The molecule has 0 spiro atoms. The predicted molar refractivity (Wildman–Crippen MR) is 53.2 cm³/mol. The molecule has 0 saturated heterocycles. The van der Waals surface area contributed by atoms with Gasteiger partial charge in [-0.2, -0.15) is 0 Å². The molecule has 0 aromatic heterocycles. The number of rotatable bonds is 6. The van der Waals surface area contributed by atoms with Crippen LogP contribution in [0.15, 0.2) is 0 Å². The van der Waals surface area contributed by atoms with E-state index in [2.05, 4.69) is 20.8 Å². The van der Waals surface area contributed by atoms with Crippen LogP contribution < -0.4 is 5.73 Å². The van der Waals surface area contributed by atoms with Crippen molar-refractivity contribution >= 4 is 0 Å². The summed E-state index contributed by atoms with van der Waals surface area (Å²) in [6.45, 7) is 10.1. The molecule has 0 saturated carbocycles. The molecule has 12 heavy (non-hydrogen) atoms. The highest BCUT2D eigenvalue weighted by atomic mass is 16.5. The maximum absolute atomic E-state index is 6.13. The van der Waals surface area contributed by atoms with E-state index in [1.54, 1.807) is 0 Å². The van der Waals surface area contributed by atoms with E-state index in [0.29, 0.717) is 5.92 Å². The maximum Gasteiger partial charge on any atom is 0.0483 e. The van der Waals surface area contributed by atoms with E-state index >= 15 is 0 Å². The average Bonchev–Trinajstić information content (AvgIpc) is 2.03. The second-order valence-corrected chi connectivity index (χ2v) is 3.76. The molecular weight excluding hydrogens is 150 g/mol. The molecule has 0 aliphatic rings. The Morgan fingerprint density at radius 1 is 1.42 bits per heavy atom. The van der Waals surface area contributed by atoms with Crippen LogP contribution in [0, 0.1) is 5.92 Å². The van der Waals surface area contributed by atoms with Gasteiger partial charge in [-0.15, -0.1) is 0 Å². The van der Waals surface area contributed by atoms with Crippen LogP contribution in [0.1, 0.15) is 40.5 Å². The van der Waals surface area contributed by atoms with Crippen molar-refractivity contribution in [1.29, 1.82) is 0 Å². The first-order chi connectivity index (χ1) is 5.54. The third kappa shape index (κ3) is 4.07. The fourth-order valence-electron chi connectivity index (χ4n) is 1.15. The summed E-state index contributed by atoms with van der Waals surface area (Å²) in [5.41, 5.74) is 6.07. The minimum atomic E-state index is -0.0656. The highest BCUT2D eigenvalue weighted by Gasteiger charge is 2.24. The fraction of sp³-hybridized carbons (Fsp3) is 1.00. The summed E-state index contributed by atoms with van der Waals surface area (Å²) in [6, 6.07) is 0. The largest absolute Gasteiger partial charge is 0.382 e. The summed E-state index contributed by atoms with van der Waals surface area (Å²) < 4.78 is 5.28. The Morgan fingerprint density at radius 2 is 2.00 bits per heavy atom. The summed E-state index contributed by atoms with van der Waals surface area (Å²) in [4.78, 5) is 0. The van der Waals surface area contributed by atoms with Crippen molar-refractivity contribution in [2.24, 2.45) is 11.7 Å². The molecule has 0 aliphatic carbocycles. The number of ether oxygens (including phenoxy) is 1. The van der Waals surface area contributed by atoms with Gasteiger partial charge < -0.3 is 10.5 Å². The van der Waals surface area contributed by atoms with E-state index < -0.39 is 0 Å². The lowest BCUT2D eigenvalue weighted by Gasteiger charge is -2.30. The molecule has 2 N–H and O–H groups in total. The van der Waals surface area contributed by atoms with E-state index in [1.165, 1.54) is 0 Å². The smallest absolute Gasteiger partial charge is 0.0483 e. The number of hydrogen-bond acceptors (Lipinski definition) is 2. The summed E-state index contributed by atoms with van der Waals surface area (Å²) >= 11 is 0. The molecule has 0 radical (unpaired) electrons. The van der Waals surface area contributed by atoms with Crippen LogP contribution >= 0.6 is 0 Å². The van der Waals surface area contributed by atoms with E-state index in [-0.39, 0.29) is 5.54 Å². The van der Waals surface area contributed by atoms with Gasteiger partial charge in [-0.3, -0.25) is 0 Å². The Morgan fingerprint density at radius 3 is 2.42 bits per heavy atom. The van der Waals surface area contributed by atoms with Gasteiger partial charge in [0.1, 0.15) is 0 Å². The molecule has 74 valence electrons. The zero-order chi connectivity index (χ0) is 9.61. The van der Waals surface area contributed by atoms with E-state index in [1.807, 2.05) is 6.92 Å². The molecule has 0 rings (SSSR count). The van der Waals surface area contributed by atoms with Gasteiger partial charge in [-0.05, 0) is 26.2 Å². The molecule has 0 heterocycles. The van der Waals surface area contributed by atoms with Crippen molar-refractivity contribution in [3.8, 4) is 0 Å². The predicted octanol–water partition coefficient (Wildman–Crippen LogP) is 2.18. The van der Waals surface area contributed by atoms with Crippen molar-refractivity contribution in [3.05, 3.63) is 0 Å². The lowest BCUT2D eigenvalue weighted by atomic mass is 9.84. The van der Waals surface area contributed by atoms with Crippen molar-refractivity contribution in [2.45, 2.75) is 46.1 Å². The zero-order valence-electron chi connectivity index (χ0n) is 8.89. The standard InChI is InChI=1S/C10H23NO/c1-5-9(3)10(4,11)7-8-12-6-2/h9H,5-8,11H2,1-4H3. The average molecular weight is 173 g/mol. The van der Waals surface area contributed by atoms with E-state index in [0.717, 1.165) is 26.1 Å². The highest BCUT2D eigenvalue weighted by molar-refractivity contribution is 4.83. The lowest BCUT2D eigenvalue weighted by molar-refractivity contribution is 0.116. The Kier molecular flexibility index (Phi) is 5.51. The Hall–Kier alpha value is -0.0800. The van der Waals surface area contributed by atoms with Gasteiger partial charge in [-0.25, -0.2) is 0 Å². The van der Waals surface area contributed by atoms with Crippen molar-refractivity contribution < 1.29 is 4.74 Å². The lowest BCUT2D eigenvalue weighted by Crippen LogP contribution is -2.43. The normalized spacial score (nSPS) is 18.8. The first-order valence-corrected chi connectivity index (χ1v) is 4.91. The zero-order valence-corrected chi connectivity index (χ0v) is 8.89. The van der Waals surface area contributed by atoms with Gasteiger partial charge in [0.2, 0.25) is 0 Å². The van der Waals surface area contributed by atoms with Gasteiger partial charge in [0, 0.05) is 18.8 Å². The summed E-state index contributed by atoms with van der Waals surface area (Å²) in [5.74, 6) is 0.568. The Bertz CT molecular complexity index is 112. The van der Waals surface area contributed by atoms with E-state index in [4.69, 9.17) is 10.5 Å². The highest BCUT2D eigenvalue weighted by Crippen LogP contribution is 2.20. The van der Waals surface area contributed by atoms with Crippen LogP contribution in [0.3, 0.4) is 0 Å². The van der Waals surface area contributed by atoms with Crippen LogP contribution in [0.2, 0.25) is 0 Å². The topological polar surface area (TPSA) is 35.2 Å². The quantitative estimate of drug-likeness (QED) is 0.625. The molecule has 2 unspecified atom stereocenters. The van der Waals surface area contributed by atoms with Gasteiger partial charge in [-0.1, -0.05) is 20.3 Å².